The molecule has 1 heterocycles. The van der Waals surface area contributed by atoms with E-state index in [9.17, 15) is 22.4 Å². The molecule has 1 aromatic rings. The number of hydrogen-bond donors (Lipinski definition) is 1. The van der Waals surface area contributed by atoms with Crippen molar-refractivity contribution in [3.63, 3.8) is 0 Å². The number of anilines is 1. The number of halogens is 4. The molecule has 2 rings (SSSR count). The number of para-hydroxylation sites is 1. The Bertz CT molecular complexity index is 516. The van der Waals surface area contributed by atoms with Crippen molar-refractivity contribution in [1.82, 2.24) is 4.90 Å². The fourth-order valence-electron chi connectivity index (χ4n) is 2.32. The Balaban J connectivity index is 2.19. The van der Waals surface area contributed by atoms with Gasteiger partial charge in [0.15, 0.2) is 0 Å². The summed E-state index contributed by atoms with van der Waals surface area (Å²) in [5.74, 6) is -2.94. The quantitative estimate of drug-likeness (QED) is 0.638. The molecule has 3 nitrogen and oxygen atoms in total. The maximum Gasteiger partial charge on any atom is 0.393 e. The molecule has 1 aliphatic rings. The number of carbonyl (C=O) groups is 1. The fourth-order valence-corrected chi connectivity index (χ4v) is 2.32. The molecule has 0 spiro atoms. The molecule has 1 amide bonds. The van der Waals surface area contributed by atoms with Crippen molar-refractivity contribution in [2.24, 2.45) is 5.92 Å². The zero-order valence-corrected chi connectivity index (χ0v) is 10.6. The van der Waals surface area contributed by atoms with Crippen LogP contribution in [-0.4, -0.2) is 30.1 Å². The minimum Gasteiger partial charge on any atom is -0.396 e. The number of amides is 1. The molecule has 7 heteroatoms. The third-order valence-electron chi connectivity index (χ3n) is 3.45. The standard InChI is InChI=1S/C13H14F4N2O/c14-10-5-1-4-9(11(10)18)12(20)19-6-2-3-8(7-19)13(15,16)17/h1,4-5,8H,2-3,6-7,18H2. The van der Waals surface area contributed by atoms with Crippen molar-refractivity contribution >= 4 is 11.6 Å². The highest BCUT2D eigenvalue weighted by atomic mass is 19.4. The van der Waals surface area contributed by atoms with E-state index in [0.29, 0.717) is 0 Å². The minimum atomic E-state index is -4.33. The molecule has 1 aromatic carbocycles. The van der Waals surface area contributed by atoms with Gasteiger partial charge < -0.3 is 10.6 Å². The molecule has 0 saturated carbocycles. The van der Waals surface area contributed by atoms with Gasteiger partial charge in [-0.05, 0) is 25.0 Å². The van der Waals surface area contributed by atoms with Crippen LogP contribution in [0.15, 0.2) is 18.2 Å². The first-order valence-electron chi connectivity index (χ1n) is 6.20. The summed E-state index contributed by atoms with van der Waals surface area (Å²) < 4.78 is 51.4. The third-order valence-corrected chi connectivity index (χ3v) is 3.45. The smallest absolute Gasteiger partial charge is 0.393 e. The van der Waals surface area contributed by atoms with Crippen molar-refractivity contribution in [3.05, 3.63) is 29.6 Å². The number of alkyl halides is 3. The zero-order valence-electron chi connectivity index (χ0n) is 10.6. The lowest BCUT2D eigenvalue weighted by Gasteiger charge is -2.34. The summed E-state index contributed by atoms with van der Waals surface area (Å²) in [4.78, 5) is 13.2. The molecule has 0 aromatic heterocycles. The average Bonchev–Trinajstić information content (AvgIpc) is 2.40. The summed E-state index contributed by atoms with van der Waals surface area (Å²) >= 11 is 0. The molecule has 0 radical (unpaired) electrons. The summed E-state index contributed by atoms with van der Waals surface area (Å²) in [5.41, 5.74) is 5.05. The van der Waals surface area contributed by atoms with Crippen LogP contribution in [0.4, 0.5) is 23.2 Å². The summed E-state index contributed by atoms with van der Waals surface area (Å²) in [5, 5.41) is 0. The van der Waals surface area contributed by atoms with Crippen LogP contribution in [0.2, 0.25) is 0 Å². The Kier molecular flexibility index (Phi) is 3.87. The first-order valence-corrected chi connectivity index (χ1v) is 6.20. The van der Waals surface area contributed by atoms with Gasteiger partial charge in [0.25, 0.3) is 5.91 Å². The van der Waals surface area contributed by atoms with Crippen LogP contribution in [0.1, 0.15) is 23.2 Å². The van der Waals surface area contributed by atoms with E-state index in [1.54, 1.807) is 0 Å². The number of benzene rings is 1. The van der Waals surface area contributed by atoms with Gasteiger partial charge >= 0.3 is 6.18 Å². The van der Waals surface area contributed by atoms with E-state index in [1.807, 2.05) is 0 Å². The van der Waals surface area contributed by atoms with Gasteiger partial charge in [0, 0.05) is 13.1 Å². The second-order valence-corrected chi connectivity index (χ2v) is 4.83. The zero-order chi connectivity index (χ0) is 14.9. The van der Waals surface area contributed by atoms with E-state index in [4.69, 9.17) is 5.73 Å². The SMILES string of the molecule is Nc1c(F)cccc1C(=O)N1CCCC(C(F)(F)F)C1. The fraction of sp³-hybridized carbons (Fsp3) is 0.462. The van der Waals surface area contributed by atoms with Gasteiger partial charge in [-0.2, -0.15) is 13.2 Å². The van der Waals surface area contributed by atoms with Crippen LogP contribution < -0.4 is 5.73 Å². The van der Waals surface area contributed by atoms with Crippen LogP contribution in [0.25, 0.3) is 0 Å². The number of likely N-dealkylation sites (tertiary alicyclic amines) is 1. The number of nitrogen functional groups attached to an aromatic ring is 1. The van der Waals surface area contributed by atoms with E-state index in [1.165, 1.54) is 12.1 Å². The van der Waals surface area contributed by atoms with Crippen LogP contribution in [0, 0.1) is 11.7 Å². The molecule has 2 N–H and O–H groups in total. The van der Waals surface area contributed by atoms with Gasteiger partial charge in [0.2, 0.25) is 0 Å². The highest BCUT2D eigenvalue weighted by Crippen LogP contribution is 2.33. The maximum atomic E-state index is 13.3. The van der Waals surface area contributed by atoms with Crippen molar-refractivity contribution in [2.75, 3.05) is 18.8 Å². The largest absolute Gasteiger partial charge is 0.396 e. The summed E-state index contributed by atoms with van der Waals surface area (Å²) in [6.45, 7) is -0.181. The van der Waals surface area contributed by atoms with E-state index >= 15 is 0 Å². The number of nitrogens with two attached hydrogens (primary N) is 1. The lowest BCUT2D eigenvalue weighted by molar-refractivity contribution is -0.184. The normalized spacial score (nSPS) is 20.0. The summed E-state index contributed by atoms with van der Waals surface area (Å²) in [6.07, 6.45) is -4.05. The summed E-state index contributed by atoms with van der Waals surface area (Å²) in [7, 11) is 0. The van der Waals surface area contributed by atoms with Crippen LogP contribution in [-0.2, 0) is 0 Å². The predicted octanol–water partition coefficient (Wildman–Crippen LogP) is 2.82. The van der Waals surface area contributed by atoms with E-state index < -0.39 is 30.4 Å². The highest BCUT2D eigenvalue weighted by Gasteiger charge is 2.42. The van der Waals surface area contributed by atoms with Gasteiger partial charge in [-0.3, -0.25) is 4.79 Å². The van der Waals surface area contributed by atoms with Gasteiger partial charge in [-0.15, -0.1) is 0 Å². The Hall–Kier alpha value is -1.79. The summed E-state index contributed by atoms with van der Waals surface area (Å²) in [6, 6.07) is 3.73. The molecule has 1 atom stereocenters. The van der Waals surface area contributed by atoms with Gasteiger partial charge in [0.05, 0.1) is 17.2 Å². The maximum absolute atomic E-state index is 13.3. The number of piperidine rings is 1. The number of hydrogen-bond acceptors (Lipinski definition) is 2. The first-order chi connectivity index (χ1) is 9.30. The molecule has 1 saturated heterocycles. The lowest BCUT2D eigenvalue weighted by atomic mass is 9.96. The Morgan fingerprint density at radius 1 is 1.35 bits per heavy atom. The Labute approximate surface area is 113 Å². The van der Waals surface area contributed by atoms with Crippen molar-refractivity contribution in [3.8, 4) is 0 Å². The highest BCUT2D eigenvalue weighted by molar-refractivity contribution is 5.99. The molecule has 20 heavy (non-hydrogen) atoms. The van der Waals surface area contributed by atoms with E-state index in [2.05, 4.69) is 0 Å². The monoisotopic (exact) mass is 290 g/mol. The van der Waals surface area contributed by atoms with Crippen LogP contribution >= 0.6 is 0 Å². The molecule has 110 valence electrons. The Morgan fingerprint density at radius 3 is 2.70 bits per heavy atom. The van der Waals surface area contributed by atoms with Gasteiger partial charge in [-0.1, -0.05) is 6.07 Å². The topological polar surface area (TPSA) is 46.3 Å². The second-order valence-electron chi connectivity index (χ2n) is 4.83. The minimum absolute atomic E-state index is 0.00587. The number of rotatable bonds is 1. The van der Waals surface area contributed by atoms with Gasteiger partial charge in [-0.25, -0.2) is 4.39 Å². The number of nitrogens with zero attached hydrogens (tertiary/aromatic N) is 1. The third kappa shape index (κ3) is 2.86. The van der Waals surface area contributed by atoms with E-state index in [0.717, 1.165) is 11.0 Å². The van der Waals surface area contributed by atoms with Crippen LogP contribution in [0.5, 0.6) is 0 Å². The molecular weight excluding hydrogens is 276 g/mol. The molecule has 1 fully saturated rings. The molecule has 0 aliphatic carbocycles. The Morgan fingerprint density at radius 2 is 2.05 bits per heavy atom. The molecule has 1 unspecified atom stereocenters. The van der Waals surface area contributed by atoms with Crippen molar-refractivity contribution in [1.29, 1.82) is 0 Å². The second kappa shape index (κ2) is 5.30. The average molecular weight is 290 g/mol. The molecular formula is C13H14F4N2O. The first kappa shape index (κ1) is 14.6. The van der Waals surface area contributed by atoms with E-state index in [-0.39, 0.29) is 30.6 Å². The number of carbonyl (C=O) groups excluding carboxylic acids is 1. The lowest BCUT2D eigenvalue weighted by Crippen LogP contribution is -2.44. The predicted molar refractivity (Wildman–Crippen MR) is 65.5 cm³/mol. The molecule has 0 bridgehead atoms. The van der Waals surface area contributed by atoms with Crippen LogP contribution in [0.3, 0.4) is 0 Å². The molecule has 1 aliphatic heterocycles. The van der Waals surface area contributed by atoms with Gasteiger partial charge in [0.1, 0.15) is 5.82 Å². The van der Waals surface area contributed by atoms with Crippen molar-refractivity contribution < 1.29 is 22.4 Å². The van der Waals surface area contributed by atoms with Crippen molar-refractivity contribution in [2.45, 2.75) is 19.0 Å².